The van der Waals surface area contributed by atoms with Crippen LogP contribution in [0.25, 0.3) is 0 Å². The van der Waals surface area contributed by atoms with Crippen LogP contribution in [0.15, 0.2) is 18.2 Å². The van der Waals surface area contributed by atoms with E-state index in [9.17, 15) is 9.50 Å². The van der Waals surface area contributed by atoms with E-state index in [2.05, 4.69) is 11.8 Å². The van der Waals surface area contributed by atoms with Gasteiger partial charge < -0.3 is 10.0 Å². The molecule has 0 bridgehead atoms. The molecule has 0 aromatic heterocycles. The molecule has 1 saturated carbocycles. The third-order valence-corrected chi connectivity index (χ3v) is 5.24. The molecule has 0 saturated heterocycles. The summed E-state index contributed by atoms with van der Waals surface area (Å²) in [6.07, 6.45) is 4.27. The fourth-order valence-electron chi connectivity index (χ4n) is 3.65. The molecule has 3 atom stereocenters. The van der Waals surface area contributed by atoms with Crippen molar-refractivity contribution >= 4 is 11.6 Å². The molecule has 118 valence electrons. The van der Waals surface area contributed by atoms with Crippen LogP contribution >= 0.6 is 11.6 Å². The number of hydrogen-bond acceptors (Lipinski definition) is 2. The molecule has 1 aromatic carbocycles. The van der Waals surface area contributed by atoms with Gasteiger partial charge in [-0.1, -0.05) is 37.4 Å². The molecule has 0 spiro atoms. The van der Waals surface area contributed by atoms with Gasteiger partial charge in [-0.15, -0.1) is 0 Å². The Labute approximate surface area is 131 Å². The average Bonchev–Trinajstić information content (AvgIpc) is 2.42. The van der Waals surface area contributed by atoms with Crippen molar-refractivity contribution in [3.05, 3.63) is 34.6 Å². The molecule has 2 rings (SSSR count). The van der Waals surface area contributed by atoms with Crippen molar-refractivity contribution in [2.75, 3.05) is 14.1 Å². The van der Waals surface area contributed by atoms with E-state index < -0.39 is 11.9 Å². The van der Waals surface area contributed by atoms with Gasteiger partial charge in [-0.25, -0.2) is 4.39 Å². The summed E-state index contributed by atoms with van der Waals surface area (Å²) >= 11 is 5.72. The molecule has 0 heterocycles. The second kappa shape index (κ2) is 6.64. The lowest BCUT2D eigenvalue weighted by Gasteiger charge is -2.48. The van der Waals surface area contributed by atoms with Gasteiger partial charge in [0.15, 0.2) is 0 Å². The zero-order chi connectivity index (χ0) is 15.6. The van der Waals surface area contributed by atoms with Crippen LogP contribution in [0.2, 0.25) is 5.02 Å². The third kappa shape index (κ3) is 3.58. The number of aliphatic hydroxyl groups is 1. The highest BCUT2D eigenvalue weighted by atomic mass is 35.5. The predicted octanol–water partition coefficient (Wildman–Crippen LogP) is 3.89. The molecule has 0 amide bonds. The smallest absolute Gasteiger partial charge is 0.142 e. The summed E-state index contributed by atoms with van der Waals surface area (Å²) < 4.78 is 13.6. The number of benzene rings is 1. The molecule has 1 aromatic rings. The van der Waals surface area contributed by atoms with Crippen LogP contribution in [0.1, 0.15) is 38.2 Å². The van der Waals surface area contributed by atoms with E-state index in [0.717, 1.165) is 24.8 Å². The number of rotatable bonds is 4. The van der Waals surface area contributed by atoms with Crippen molar-refractivity contribution in [1.29, 1.82) is 0 Å². The highest BCUT2D eigenvalue weighted by molar-refractivity contribution is 6.30. The molecule has 0 radical (unpaired) electrons. The quantitative estimate of drug-likeness (QED) is 0.911. The molecule has 1 N–H and O–H groups in total. The van der Waals surface area contributed by atoms with Crippen molar-refractivity contribution in [3.63, 3.8) is 0 Å². The third-order valence-electron chi connectivity index (χ3n) is 4.93. The lowest BCUT2D eigenvalue weighted by Crippen LogP contribution is -2.56. The molecule has 1 fully saturated rings. The van der Waals surface area contributed by atoms with E-state index in [4.69, 9.17) is 11.6 Å². The van der Waals surface area contributed by atoms with Gasteiger partial charge in [0.2, 0.25) is 0 Å². The average molecular weight is 314 g/mol. The van der Waals surface area contributed by atoms with Crippen LogP contribution in [0.5, 0.6) is 0 Å². The van der Waals surface area contributed by atoms with Crippen molar-refractivity contribution in [2.24, 2.45) is 5.92 Å². The van der Waals surface area contributed by atoms with Gasteiger partial charge in [-0.3, -0.25) is 0 Å². The molecule has 21 heavy (non-hydrogen) atoms. The maximum absolute atomic E-state index is 13.6. The Balaban J connectivity index is 2.18. The first-order valence-corrected chi connectivity index (χ1v) is 8.02. The number of halogens is 2. The van der Waals surface area contributed by atoms with Gasteiger partial charge in [0.05, 0.1) is 11.1 Å². The molecule has 1 aliphatic carbocycles. The van der Waals surface area contributed by atoms with Crippen molar-refractivity contribution in [2.45, 2.75) is 50.7 Å². The largest absolute Gasteiger partial charge is 0.391 e. The second-order valence-electron chi connectivity index (χ2n) is 6.67. The summed E-state index contributed by atoms with van der Waals surface area (Å²) in [5, 5.41) is 11.0. The van der Waals surface area contributed by atoms with Gasteiger partial charge in [-0.2, -0.15) is 0 Å². The summed E-state index contributed by atoms with van der Waals surface area (Å²) in [4.78, 5) is 2.15. The summed E-state index contributed by atoms with van der Waals surface area (Å²) in [5.41, 5.74) is 0.581. The monoisotopic (exact) mass is 313 g/mol. The van der Waals surface area contributed by atoms with Crippen LogP contribution < -0.4 is 0 Å². The molecular formula is C17H25ClFNO. The fraction of sp³-hybridized carbons (Fsp3) is 0.647. The Morgan fingerprint density at radius 3 is 2.76 bits per heavy atom. The van der Waals surface area contributed by atoms with Gasteiger partial charge in [-0.05, 0) is 50.6 Å². The summed E-state index contributed by atoms with van der Waals surface area (Å²) in [7, 11) is 4.06. The van der Waals surface area contributed by atoms with Gasteiger partial charge in [0.25, 0.3) is 0 Å². The van der Waals surface area contributed by atoms with Crippen LogP contribution in [-0.4, -0.2) is 35.7 Å². The van der Waals surface area contributed by atoms with E-state index in [-0.39, 0.29) is 10.6 Å². The minimum Gasteiger partial charge on any atom is -0.391 e. The van der Waals surface area contributed by atoms with Crippen molar-refractivity contribution in [1.82, 2.24) is 4.90 Å². The maximum atomic E-state index is 13.6. The van der Waals surface area contributed by atoms with E-state index in [0.29, 0.717) is 12.3 Å². The van der Waals surface area contributed by atoms with E-state index in [1.165, 1.54) is 12.5 Å². The number of nitrogens with zero attached hydrogens (tertiary/aromatic N) is 1. The Kier molecular flexibility index (Phi) is 5.29. The van der Waals surface area contributed by atoms with E-state index >= 15 is 0 Å². The highest BCUT2D eigenvalue weighted by Gasteiger charge is 2.42. The van der Waals surface area contributed by atoms with Crippen molar-refractivity contribution < 1.29 is 9.50 Å². The van der Waals surface area contributed by atoms with Crippen LogP contribution in [-0.2, 0) is 6.42 Å². The lowest BCUT2D eigenvalue weighted by molar-refractivity contribution is -0.0424. The number of aliphatic hydroxyl groups excluding tert-OH is 1. The van der Waals surface area contributed by atoms with Crippen LogP contribution in [0.4, 0.5) is 4.39 Å². The first-order chi connectivity index (χ1) is 9.85. The number of hydrogen-bond donors (Lipinski definition) is 1. The Morgan fingerprint density at radius 1 is 1.48 bits per heavy atom. The molecule has 3 unspecified atom stereocenters. The van der Waals surface area contributed by atoms with Crippen LogP contribution in [0, 0.1) is 11.7 Å². The molecular weight excluding hydrogens is 289 g/mol. The molecule has 0 aliphatic heterocycles. The molecule has 4 heteroatoms. The zero-order valence-electron chi connectivity index (χ0n) is 13.1. The first kappa shape index (κ1) is 16.7. The van der Waals surface area contributed by atoms with Gasteiger partial charge >= 0.3 is 0 Å². The van der Waals surface area contributed by atoms with Gasteiger partial charge in [0, 0.05) is 12.0 Å². The highest BCUT2D eigenvalue weighted by Crippen LogP contribution is 2.39. The fourth-order valence-corrected chi connectivity index (χ4v) is 3.77. The first-order valence-electron chi connectivity index (χ1n) is 7.64. The summed E-state index contributed by atoms with van der Waals surface area (Å²) in [6, 6.07) is 4.79. The Morgan fingerprint density at radius 2 is 2.19 bits per heavy atom. The molecule has 1 aliphatic rings. The topological polar surface area (TPSA) is 23.5 Å². The minimum absolute atomic E-state index is 0.127. The Hall–Kier alpha value is -0.640. The lowest BCUT2D eigenvalue weighted by atomic mass is 9.71. The van der Waals surface area contributed by atoms with E-state index in [1.807, 2.05) is 14.1 Å². The van der Waals surface area contributed by atoms with E-state index in [1.54, 1.807) is 12.1 Å². The van der Waals surface area contributed by atoms with Crippen molar-refractivity contribution in [3.8, 4) is 0 Å². The van der Waals surface area contributed by atoms with Gasteiger partial charge in [0.1, 0.15) is 5.82 Å². The summed E-state index contributed by atoms with van der Waals surface area (Å²) in [5.74, 6) is 0.190. The SMILES string of the molecule is CC1CCCC(C(O)Cc2ccc(Cl)c(F)c2)(N(C)C)C1. The zero-order valence-corrected chi connectivity index (χ0v) is 13.8. The molecule has 2 nitrogen and oxygen atoms in total. The number of likely N-dealkylation sites (N-methyl/N-ethyl adjacent to an activating group) is 1. The maximum Gasteiger partial charge on any atom is 0.142 e. The standard InChI is InChI=1S/C17H25ClFNO/c1-12-5-4-8-17(11-12,20(2)3)16(21)10-13-6-7-14(18)15(19)9-13/h6-7,9,12,16,21H,4-5,8,10-11H2,1-3H3. The predicted molar refractivity (Wildman–Crippen MR) is 85.2 cm³/mol. The second-order valence-corrected chi connectivity index (χ2v) is 7.08. The van der Waals surface area contributed by atoms with Crippen LogP contribution in [0.3, 0.4) is 0 Å². The normalized spacial score (nSPS) is 27.9. The Bertz CT molecular complexity index is 494. The minimum atomic E-state index is -0.504. The summed E-state index contributed by atoms with van der Waals surface area (Å²) in [6.45, 7) is 2.24.